The average Bonchev–Trinajstić information content (AvgIpc) is 2.25. The highest BCUT2D eigenvalue weighted by Gasteiger charge is 2.26. The molecule has 1 aliphatic heterocycles. The van der Waals surface area contributed by atoms with E-state index in [0.29, 0.717) is 19.5 Å². The zero-order valence-corrected chi connectivity index (χ0v) is 11.9. The first kappa shape index (κ1) is 14.7. The molecule has 0 fully saturated rings. The van der Waals surface area contributed by atoms with E-state index >= 15 is 0 Å². The summed E-state index contributed by atoms with van der Waals surface area (Å²) in [6.45, 7) is 10.2. The zero-order chi connectivity index (χ0) is 13.9. The third-order valence-corrected chi connectivity index (χ3v) is 2.64. The van der Waals surface area contributed by atoms with E-state index in [-0.39, 0.29) is 17.8 Å². The molecule has 0 unspecified atom stereocenters. The van der Waals surface area contributed by atoms with E-state index < -0.39 is 5.60 Å². The van der Waals surface area contributed by atoms with Crippen molar-refractivity contribution in [3.05, 3.63) is 11.6 Å². The number of rotatable bonds is 2. The number of Topliss-reactive ketones (excluding diaryl/α,β-unsaturated/α-hetero) is 1. The summed E-state index contributed by atoms with van der Waals surface area (Å²) < 4.78 is 5.31. The van der Waals surface area contributed by atoms with Gasteiger partial charge < -0.3 is 9.64 Å². The Morgan fingerprint density at radius 1 is 1.33 bits per heavy atom. The lowest BCUT2D eigenvalue weighted by Gasteiger charge is -2.30. The number of hydrogen-bond acceptors (Lipinski definition) is 3. The minimum absolute atomic E-state index is 0.0326. The fourth-order valence-electron chi connectivity index (χ4n) is 1.78. The maximum absolute atomic E-state index is 11.9. The minimum Gasteiger partial charge on any atom is -0.444 e. The van der Waals surface area contributed by atoms with Crippen molar-refractivity contribution >= 4 is 11.9 Å². The molecule has 0 spiro atoms. The SMILES string of the molecule is CC(C)C(=O)C1=CCCN(C(=O)OC(C)(C)C)C1. The van der Waals surface area contributed by atoms with E-state index in [1.807, 2.05) is 40.7 Å². The van der Waals surface area contributed by atoms with Crippen molar-refractivity contribution in [3.63, 3.8) is 0 Å². The number of ketones is 1. The average molecular weight is 253 g/mol. The van der Waals surface area contributed by atoms with Gasteiger partial charge in [-0.15, -0.1) is 0 Å². The van der Waals surface area contributed by atoms with Crippen LogP contribution in [-0.2, 0) is 9.53 Å². The van der Waals surface area contributed by atoms with E-state index in [1.54, 1.807) is 4.90 Å². The number of carbonyl (C=O) groups is 2. The molecule has 0 bridgehead atoms. The van der Waals surface area contributed by atoms with Crippen LogP contribution in [0.5, 0.6) is 0 Å². The fourth-order valence-corrected chi connectivity index (χ4v) is 1.78. The van der Waals surface area contributed by atoms with Crippen molar-refractivity contribution in [2.45, 2.75) is 46.6 Å². The molecule has 0 saturated carbocycles. The Hall–Kier alpha value is -1.32. The first-order chi connectivity index (χ1) is 8.20. The predicted octanol–water partition coefficient (Wildman–Crippen LogP) is 2.78. The Morgan fingerprint density at radius 2 is 1.94 bits per heavy atom. The van der Waals surface area contributed by atoms with Crippen LogP contribution in [0, 0.1) is 5.92 Å². The van der Waals surface area contributed by atoms with Crippen molar-refractivity contribution in [3.8, 4) is 0 Å². The topological polar surface area (TPSA) is 46.6 Å². The van der Waals surface area contributed by atoms with Gasteiger partial charge in [0.1, 0.15) is 5.60 Å². The number of nitrogens with zero attached hydrogens (tertiary/aromatic N) is 1. The normalized spacial score (nSPS) is 16.6. The summed E-state index contributed by atoms with van der Waals surface area (Å²) in [5.74, 6) is 0.0816. The third kappa shape index (κ3) is 4.17. The molecule has 0 radical (unpaired) electrons. The maximum Gasteiger partial charge on any atom is 0.410 e. The van der Waals surface area contributed by atoms with Crippen LogP contribution in [0.15, 0.2) is 11.6 Å². The summed E-state index contributed by atoms with van der Waals surface area (Å²) in [6.07, 6.45) is 2.31. The molecule has 1 rings (SSSR count). The molecule has 0 N–H and O–H groups in total. The van der Waals surface area contributed by atoms with E-state index in [1.165, 1.54) is 0 Å². The Bertz CT molecular complexity index is 364. The van der Waals surface area contributed by atoms with Crippen molar-refractivity contribution in [2.24, 2.45) is 5.92 Å². The molecule has 4 heteroatoms. The summed E-state index contributed by atoms with van der Waals surface area (Å²) >= 11 is 0. The Kier molecular flexibility index (Phi) is 4.54. The summed E-state index contributed by atoms with van der Waals surface area (Å²) in [5.41, 5.74) is 0.225. The first-order valence-electron chi connectivity index (χ1n) is 6.42. The Morgan fingerprint density at radius 3 is 2.44 bits per heavy atom. The van der Waals surface area contributed by atoms with Gasteiger partial charge in [-0.3, -0.25) is 4.79 Å². The van der Waals surface area contributed by atoms with Gasteiger partial charge in [-0.25, -0.2) is 4.79 Å². The molecule has 0 saturated heterocycles. The van der Waals surface area contributed by atoms with Gasteiger partial charge >= 0.3 is 6.09 Å². The van der Waals surface area contributed by atoms with Gasteiger partial charge in [0.25, 0.3) is 0 Å². The van der Waals surface area contributed by atoms with Crippen LogP contribution in [0.1, 0.15) is 41.0 Å². The molecule has 1 aliphatic rings. The highest BCUT2D eigenvalue weighted by Crippen LogP contribution is 2.17. The molecule has 0 aromatic heterocycles. The van der Waals surface area contributed by atoms with Gasteiger partial charge in [-0.05, 0) is 27.2 Å². The second-order valence-corrected chi connectivity index (χ2v) is 5.94. The molecule has 1 amide bonds. The van der Waals surface area contributed by atoms with Gasteiger partial charge in [-0.1, -0.05) is 19.9 Å². The first-order valence-corrected chi connectivity index (χ1v) is 6.42. The molecule has 0 aromatic carbocycles. The van der Waals surface area contributed by atoms with Gasteiger partial charge in [-0.2, -0.15) is 0 Å². The van der Waals surface area contributed by atoms with Crippen molar-refractivity contribution < 1.29 is 14.3 Å². The van der Waals surface area contributed by atoms with Crippen LogP contribution in [-0.4, -0.2) is 35.5 Å². The van der Waals surface area contributed by atoms with Gasteiger partial charge in [0, 0.05) is 18.0 Å². The highest BCUT2D eigenvalue weighted by molar-refractivity contribution is 5.97. The Balaban J connectivity index is 2.65. The number of hydrogen-bond donors (Lipinski definition) is 0. The van der Waals surface area contributed by atoms with Crippen LogP contribution in [0.4, 0.5) is 4.79 Å². The monoisotopic (exact) mass is 253 g/mol. The second kappa shape index (κ2) is 5.55. The number of ether oxygens (including phenoxy) is 1. The Labute approximate surface area is 109 Å². The van der Waals surface area contributed by atoms with Crippen LogP contribution >= 0.6 is 0 Å². The van der Waals surface area contributed by atoms with Gasteiger partial charge in [0.05, 0.1) is 6.54 Å². The quantitative estimate of drug-likeness (QED) is 0.760. The highest BCUT2D eigenvalue weighted by atomic mass is 16.6. The van der Waals surface area contributed by atoms with Crippen LogP contribution < -0.4 is 0 Å². The van der Waals surface area contributed by atoms with Crippen LogP contribution in [0.3, 0.4) is 0 Å². The van der Waals surface area contributed by atoms with E-state index in [4.69, 9.17) is 4.74 Å². The molecule has 0 atom stereocenters. The van der Waals surface area contributed by atoms with Crippen molar-refractivity contribution in [2.75, 3.05) is 13.1 Å². The maximum atomic E-state index is 11.9. The van der Waals surface area contributed by atoms with E-state index in [9.17, 15) is 9.59 Å². The summed E-state index contributed by atoms with van der Waals surface area (Å²) in [5, 5.41) is 0. The van der Waals surface area contributed by atoms with Crippen molar-refractivity contribution in [1.82, 2.24) is 4.90 Å². The lowest BCUT2D eigenvalue weighted by molar-refractivity contribution is -0.118. The molecule has 102 valence electrons. The molecule has 1 heterocycles. The van der Waals surface area contributed by atoms with E-state index in [2.05, 4.69) is 0 Å². The molecule has 0 aromatic rings. The molecule has 4 nitrogen and oxygen atoms in total. The second-order valence-electron chi connectivity index (χ2n) is 5.94. The molecule has 18 heavy (non-hydrogen) atoms. The summed E-state index contributed by atoms with van der Waals surface area (Å²) in [4.78, 5) is 25.4. The van der Waals surface area contributed by atoms with Crippen LogP contribution in [0.2, 0.25) is 0 Å². The lowest BCUT2D eigenvalue weighted by atomic mass is 9.98. The molecular weight excluding hydrogens is 230 g/mol. The van der Waals surface area contributed by atoms with Crippen LogP contribution in [0.25, 0.3) is 0 Å². The molecular formula is C14H23NO3. The zero-order valence-electron chi connectivity index (χ0n) is 11.9. The van der Waals surface area contributed by atoms with Crippen molar-refractivity contribution in [1.29, 1.82) is 0 Å². The molecule has 0 aliphatic carbocycles. The third-order valence-electron chi connectivity index (χ3n) is 2.64. The largest absolute Gasteiger partial charge is 0.444 e. The van der Waals surface area contributed by atoms with Gasteiger partial charge in [0.2, 0.25) is 0 Å². The lowest BCUT2D eigenvalue weighted by Crippen LogP contribution is -2.41. The minimum atomic E-state index is -0.500. The fraction of sp³-hybridized carbons (Fsp3) is 0.714. The summed E-state index contributed by atoms with van der Waals surface area (Å²) in [7, 11) is 0. The van der Waals surface area contributed by atoms with E-state index in [0.717, 1.165) is 5.57 Å². The standard InChI is InChI=1S/C14H23NO3/c1-10(2)12(16)11-7-6-8-15(9-11)13(17)18-14(3,4)5/h7,10H,6,8-9H2,1-5H3. The number of carbonyl (C=O) groups excluding carboxylic acids is 2. The number of amides is 1. The smallest absolute Gasteiger partial charge is 0.410 e. The summed E-state index contributed by atoms with van der Waals surface area (Å²) in [6, 6.07) is 0. The van der Waals surface area contributed by atoms with Gasteiger partial charge in [0.15, 0.2) is 5.78 Å². The predicted molar refractivity (Wildman–Crippen MR) is 70.4 cm³/mol.